The van der Waals surface area contributed by atoms with Crippen molar-refractivity contribution in [3.05, 3.63) is 0 Å². The number of likely N-dealkylation sites (N-methyl/N-ethyl adjacent to an activating group) is 2. The van der Waals surface area contributed by atoms with Crippen LogP contribution in [-0.4, -0.2) is 49.4 Å². The first-order valence-electron chi connectivity index (χ1n) is 4.32. The van der Waals surface area contributed by atoms with Crippen LogP contribution in [-0.2, 0) is 4.79 Å². The van der Waals surface area contributed by atoms with E-state index >= 15 is 0 Å². The molecular weight excluding hydrogens is 166 g/mol. The molecule has 0 rings (SSSR count). The van der Waals surface area contributed by atoms with Crippen molar-refractivity contribution >= 4 is 5.91 Å². The first-order valence-corrected chi connectivity index (χ1v) is 4.32. The lowest BCUT2D eigenvalue weighted by atomic mass is 10.2. The lowest BCUT2D eigenvalue weighted by molar-refractivity contribution is -0.129. The van der Waals surface area contributed by atoms with Gasteiger partial charge in [-0.25, -0.2) is 0 Å². The first-order chi connectivity index (χ1) is 6.02. The third-order valence-corrected chi connectivity index (χ3v) is 1.95. The van der Waals surface area contributed by atoms with Crippen LogP contribution in [0.3, 0.4) is 0 Å². The Labute approximate surface area is 79.7 Å². The predicted octanol–water partition coefficient (Wildman–Crippen LogP) is 0.309. The maximum absolute atomic E-state index is 11.3. The summed E-state index contributed by atoms with van der Waals surface area (Å²) in [6, 6.07) is 1.99. The number of nitriles is 1. The molecule has 0 bridgehead atoms. The minimum Gasteiger partial charge on any atom is -0.348 e. The maximum Gasteiger partial charge on any atom is 0.236 e. The van der Waals surface area contributed by atoms with Crippen LogP contribution in [0.15, 0.2) is 0 Å². The van der Waals surface area contributed by atoms with Gasteiger partial charge in [0.1, 0.15) is 0 Å². The highest BCUT2D eigenvalue weighted by Gasteiger charge is 2.15. The van der Waals surface area contributed by atoms with Crippen molar-refractivity contribution in [2.24, 2.45) is 0 Å². The molecule has 0 aromatic carbocycles. The molecule has 0 N–H and O–H groups in total. The minimum atomic E-state index is -0.163. The molecule has 0 saturated carbocycles. The van der Waals surface area contributed by atoms with Gasteiger partial charge in [-0.1, -0.05) is 6.92 Å². The minimum absolute atomic E-state index is 0.0243. The van der Waals surface area contributed by atoms with Crippen molar-refractivity contribution in [2.45, 2.75) is 19.4 Å². The number of hydrogen-bond acceptors (Lipinski definition) is 3. The zero-order valence-electron chi connectivity index (χ0n) is 8.74. The van der Waals surface area contributed by atoms with E-state index in [1.54, 1.807) is 26.0 Å². The highest BCUT2D eigenvalue weighted by molar-refractivity contribution is 5.77. The average molecular weight is 183 g/mol. The lowest BCUT2D eigenvalue weighted by Crippen LogP contribution is -2.39. The second kappa shape index (κ2) is 5.55. The summed E-state index contributed by atoms with van der Waals surface area (Å²) in [5.74, 6) is 0.0243. The summed E-state index contributed by atoms with van der Waals surface area (Å²) < 4.78 is 0. The Kier molecular flexibility index (Phi) is 5.09. The molecule has 0 radical (unpaired) electrons. The zero-order chi connectivity index (χ0) is 10.4. The second-order valence-electron chi connectivity index (χ2n) is 3.26. The Morgan fingerprint density at radius 2 is 2.00 bits per heavy atom. The van der Waals surface area contributed by atoms with Crippen molar-refractivity contribution in [1.82, 2.24) is 9.80 Å². The van der Waals surface area contributed by atoms with E-state index in [-0.39, 0.29) is 11.9 Å². The Balaban J connectivity index is 4.07. The summed E-state index contributed by atoms with van der Waals surface area (Å²) in [6.07, 6.45) is 0.744. The van der Waals surface area contributed by atoms with Gasteiger partial charge >= 0.3 is 0 Å². The summed E-state index contributed by atoms with van der Waals surface area (Å²) in [4.78, 5) is 14.6. The van der Waals surface area contributed by atoms with Crippen molar-refractivity contribution < 1.29 is 4.79 Å². The topological polar surface area (TPSA) is 47.3 Å². The molecule has 0 aliphatic heterocycles. The number of carbonyl (C=O) groups is 1. The molecular formula is C9H17N3O. The van der Waals surface area contributed by atoms with Gasteiger partial charge in [-0.05, 0) is 13.5 Å². The van der Waals surface area contributed by atoms with Crippen LogP contribution in [0.5, 0.6) is 0 Å². The summed E-state index contributed by atoms with van der Waals surface area (Å²) in [5.41, 5.74) is 0. The first kappa shape index (κ1) is 11.9. The SMILES string of the molecule is CCC(C#N)N(C)CC(=O)N(C)C. The summed E-state index contributed by atoms with van der Waals surface area (Å²) in [6.45, 7) is 2.24. The second-order valence-corrected chi connectivity index (χ2v) is 3.26. The van der Waals surface area contributed by atoms with E-state index in [1.165, 1.54) is 4.90 Å². The van der Waals surface area contributed by atoms with Gasteiger partial charge in [-0.3, -0.25) is 9.69 Å². The third-order valence-electron chi connectivity index (χ3n) is 1.95. The van der Waals surface area contributed by atoms with Gasteiger partial charge in [0.05, 0.1) is 18.7 Å². The smallest absolute Gasteiger partial charge is 0.236 e. The molecule has 4 nitrogen and oxygen atoms in total. The van der Waals surface area contributed by atoms with E-state index in [0.29, 0.717) is 6.54 Å². The van der Waals surface area contributed by atoms with Crippen LogP contribution in [0.25, 0.3) is 0 Å². The largest absolute Gasteiger partial charge is 0.348 e. The van der Waals surface area contributed by atoms with E-state index in [2.05, 4.69) is 6.07 Å². The van der Waals surface area contributed by atoms with Crippen LogP contribution in [0, 0.1) is 11.3 Å². The molecule has 0 spiro atoms. The molecule has 1 atom stereocenters. The van der Waals surface area contributed by atoms with Gasteiger partial charge in [0.15, 0.2) is 0 Å². The summed E-state index contributed by atoms with van der Waals surface area (Å²) in [5, 5.41) is 8.73. The Bertz CT molecular complexity index is 207. The van der Waals surface area contributed by atoms with Crippen molar-refractivity contribution in [1.29, 1.82) is 5.26 Å². The van der Waals surface area contributed by atoms with Crippen LogP contribution in [0.1, 0.15) is 13.3 Å². The fraction of sp³-hybridized carbons (Fsp3) is 0.778. The molecule has 0 saturated heterocycles. The maximum atomic E-state index is 11.3. The van der Waals surface area contributed by atoms with Gasteiger partial charge in [-0.15, -0.1) is 0 Å². The lowest BCUT2D eigenvalue weighted by Gasteiger charge is -2.22. The molecule has 0 aromatic rings. The molecule has 0 fully saturated rings. The highest BCUT2D eigenvalue weighted by Crippen LogP contribution is 1.99. The van der Waals surface area contributed by atoms with E-state index < -0.39 is 0 Å². The highest BCUT2D eigenvalue weighted by atomic mass is 16.2. The van der Waals surface area contributed by atoms with Crippen molar-refractivity contribution in [2.75, 3.05) is 27.7 Å². The molecule has 13 heavy (non-hydrogen) atoms. The predicted molar refractivity (Wildman–Crippen MR) is 51.0 cm³/mol. The number of rotatable bonds is 4. The Hall–Kier alpha value is -1.08. The monoisotopic (exact) mass is 183 g/mol. The average Bonchev–Trinajstić information content (AvgIpc) is 2.06. The van der Waals surface area contributed by atoms with E-state index in [4.69, 9.17) is 5.26 Å². The third kappa shape index (κ3) is 3.90. The van der Waals surface area contributed by atoms with Crippen molar-refractivity contribution in [3.8, 4) is 6.07 Å². The summed E-state index contributed by atoms with van der Waals surface area (Å²) in [7, 11) is 5.21. The van der Waals surface area contributed by atoms with Crippen LogP contribution < -0.4 is 0 Å². The van der Waals surface area contributed by atoms with Crippen molar-refractivity contribution in [3.63, 3.8) is 0 Å². The van der Waals surface area contributed by atoms with Gasteiger partial charge < -0.3 is 4.90 Å². The molecule has 0 aliphatic rings. The van der Waals surface area contributed by atoms with Gasteiger partial charge in [0, 0.05) is 14.1 Å². The van der Waals surface area contributed by atoms with Gasteiger partial charge in [0.2, 0.25) is 5.91 Å². The van der Waals surface area contributed by atoms with Crippen LogP contribution >= 0.6 is 0 Å². The quantitative estimate of drug-likeness (QED) is 0.630. The molecule has 74 valence electrons. The molecule has 0 aromatic heterocycles. The molecule has 4 heteroatoms. The number of amides is 1. The summed E-state index contributed by atoms with van der Waals surface area (Å²) >= 11 is 0. The number of nitrogens with zero attached hydrogens (tertiary/aromatic N) is 3. The number of carbonyl (C=O) groups excluding carboxylic acids is 1. The molecule has 0 heterocycles. The Morgan fingerprint density at radius 1 is 1.46 bits per heavy atom. The normalized spacial score (nSPS) is 12.3. The molecule has 1 amide bonds. The van der Waals surface area contributed by atoms with Gasteiger partial charge in [0.25, 0.3) is 0 Å². The zero-order valence-corrected chi connectivity index (χ0v) is 8.74. The fourth-order valence-corrected chi connectivity index (χ4v) is 0.966. The van der Waals surface area contributed by atoms with E-state index in [0.717, 1.165) is 6.42 Å². The molecule has 0 aliphatic carbocycles. The molecule has 1 unspecified atom stereocenters. The fourth-order valence-electron chi connectivity index (χ4n) is 0.966. The standard InChI is InChI=1S/C9H17N3O/c1-5-8(6-10)12(4)7-9(13)11(2)3/h8H,5,7H2,1-4H3. The van der Waals surface area contributed by atoms with E-state index in [9.17, 15) is 4.79 Å². The van der Waals surface area contributed by atoms with E-state index in [1.807, 2.05) is 6.92 Å². The van der Waals surface area contributed by atoms with Crippen LogP contribution in [0.4, 0.5) is 0 Å². The number of hydrogen-bond donors (Lipinski definition) is 0. The van der Waals surface area contributed by atoms with Gasteiger partial charge in [-0.2, -0.15) is 5.26 Å². The van der Waals surface area contributed by atoms with Crippen LogP contribution in [0.2, 0.25) is 0 Å². The Morgan fingerprint density at radius 3 is 2.31 bits per heavy atom.